The second kappa shape index (κ2) is 6.73. The minimum Gasteiger partial charge on any atom is -0.316 e. The van der Waals surface area contributed by atoms with E-state index in [0.717, 1.165) is 20.3 Å². The Bertz CT molecular complexity index is 646. The number of imide groups is 2. The Morgan fingerprint density at radius 2 is 1.50 bits per heavy atom. The largest absolute Gasteiger partial charge is 0.338 e. The SMILES string of the molecule is CCN1C(=O)C(=O)N(C[NH+](C)Cc2ccc(C(C)(C)C)cc2)C1=O. The summed E-state index contributed by atoms with van der Waals surface area (Å²) in [6.07, 6.45) is 0. The van der Waals surface area contributed by atoms with Crippen molar-refractivity contribution in [3.05, 3.63) is 35.4 Å². The molecule has 1 aliphatic heterocycles. The molecule has 4 amide bonds. The predicted molar refractivity (Wildman–Crippen MR) is 90.2 cm³/mol. The molecule has 1 fully saturated rings. The molecule has 6 heteroatoms. The summed E-state index contributed by atoms with van der Waals surface area (Å²) < 4.78 is 0. The number of carbonyl (C=O) groups excluding carboxylic acids is 3. The number of quaternary nitrogens is 1. The van der Waals surface area contributed by atoms with Gasteiger partial charge in [-0.05, 0) is 17.9 Å². The second-order valence-electron chi connectivity index (χ2n) is 7.30. The van der Waals surface area contributed by atoms with E-state index in [4.69, 9.17) is 0 Å². The first-order valence-corrected chi connectivity index (χ1v) is 8.23. The van der Waals surface area contributed by atoms with Gasteiger partial charge in [-0.1, -0.05) is 45.0 Å². The molecule has 24 heavy (non-hydrogen) atoms. The first-order chi connectivity index (χ1) is 11.1. The second-order valence-corrected chi connectivity index (χ2v) is 7.30. The van der Waals surface area contributed by atoms with E-state index in [9.17, 15) is 14.4 Å². The summed E-state index contributed by atoms with van der Waals surface area (Å²) in [5, 5.41) is 0. The van der Waals surface area contributed by atoms with Crippen LogP contribution in [0.2, 0.25) is 0 Å². The summed E-state index contributed by atoms with van der Waals surface area (Å²) in [6, 6.07) is 7.84. The van der Waals surface area contributed by atoms with Crippen molar-refractivity contribution in [1.29, 1.82) is 0 Å². The van der Waals surface area contributed by atoms with E-state index in [1.807, 2.05) is 7.05 Å². The van der Waals surface area contributed by atoms with Crippen LogP contribution < -0.4 is 4.90 Å². The average Bonchev–Trinajstić information content (AvgIpc) is 2.70. The quantitative estimate of drug-likeness (QED) is 0.640. The maximum absolute atomic E-state index is 12.1. The lowest BCUT2D eigenvalue weighted by Gasteiger charge is -2.21. The zero-order valence-corrected chi connectivity index (χ0v) is 15.0. The van der Waals surface area contributed by atoms with E-state index in [0.29, 0.717) is 6.54 Å². The van der Waals surface area contributed by atoms with Gasteiger partial charge in [0.1, 0.15) is 6.54 Å². The number of nitrogens with one attached hydrogen (secondary N) is 1. The van der Waals surface area contributed by atoms with Crippen LogP contribution in [0.1, 0.15) is 38.8 Å². The molecular weight excluding hydrogens is 306 g/mol. The molecule has 1 aromatic carbocycles. The van der Waals surface area contributed by atoms with Crippen LogP contribution in [0, 0.1) is 0 Å². The average molecular weight is 332 g/mol. The van der Waals surface area contributed by atoms with Crippen LogP contribution in [-0.4, -0.2) is 47.9 Å². The number of likely N-dealkylation sites (N-methyl/N-ethyl adjacent to an activating group) is 1. The number of benzene rings is 1. The molecule has 0 bridgehead atoms. The van der Waals surface area contributed by atoms with Crippen LogP contribution in [0.15, 0.2) is 24.3 Å². The van der Waals surface area contributed by atoms with Crippen molar-refractivity contribution in [1.82, 2.24) is 9.80 Å². The standard InChI is InChI=1S/C18H25N3O3/c1-6-20-15(22)16(23)21(17(20)24)12-19(5)11-13-7-9-14(10-8-13)18(2,3)4/h7-10H,6,11-12H2,1-5H3/p+1. The summed E-state index contributed by atoms with van der Waals surface area (Å²) in [5.74, 6) is -1.46. The number of amides is 4. The molecule has 1 aliphatic rings. The summed E-state index contributed by atoms with van der Waals surface area (Å²) in [7, 11) is 1.90. The Kier molecular flexibility index (Phi) is 5.08. The van der Waals surface area contributed by atoms with Crippen LogP contribution in [0.4, 0.5) is 4.79 Å². The van der Waals surface area contributed by atoms with Gasteiger partial charge in [-0.15, -0.1) is 0 Å². The van der Waals surface area contributed by atoms with Crippen molar-refractivity contribution < 1.29 is 19.3 Å². The van der Waals surface area contributed by atoms with Gasteiger partial charge < -0.3 is 4.90 Å². The van der Waals surface area contributed by atoms with Crippen LogP contribution >= 0.6 is 0 Å². The van der Waals surface area contributed by atoms with Crippen molar-refractivity contribution >= 4 is 17.8 Å². The molecule has 0 aromatic heterocycles. The number of hydrogen-bond acceptors (Lipinski definition) is 3. The van der Waals surface area contributed by atoms with Crippen LogP contribution in [0.5, 0.6) is 0 Å². The van der Waals surface area contributed by atoms with Gasteiger partial charge in [-0.2, -0.15) is 0 Å². The molecule has 0 radical (unpaired) electrons. The Morgan fingerprint density at radius 3 is 1.96 bits per heavy atom. The molecule has 1 N–H and O–H groups in total. The Morgan fingerprint density at radius 1 is 0.958 bits per heavy atom. The number of hydrogen-bond donors (Lipinski definition) is 1. The molecule has 130 valence electrons. The highest BCUT2D eigenvalue weighted by atomic mass is 16.2. The minimum absolute atomic E-state index is 0.107. The minimum atomic E-state index is -0.732. The van der Waals surface area contributed by atoms with Crippen molar-refractivity contribution in [2.24, 2.45) is 0 Å². The lowest BCUT2D eigenvalue weighted by molar-refractivity contribution is -0.901. The number of rotatable bonds is 5. The van der Waals surface area contributed by atoms with E-state index in [-0.39, 0.29) is 18.6 Å². The summed E-state index contributed by atoms with van der Waals surface area (Å²) in [5.41, 5.74) is 2.49. The molecule has 6 nitrogen and oxygen atoms in total. The van der Waals surface area contributed by atoms with E-state index >= 15 is 0 Å². The predicted octanol–water partition coefficient (Wildman–Crippen LogP) is 0.767. The molecule has 0 saturated carbocycles. The zero-order valence-electron chi connectivity index (χ0n) is 15.0. The smallest absolute Gasteiger partial charge is 0.316 e. The van der Waals surface area contributed by atoms with E-state index < -0.39 is 17.8 Å². The number of carbonyl (C=O) groups is 3. The van der Waals surface area contributed by atoms with Crippen molar-refractivity contribution in [2.45, 2.75) is 39.7 Å². The first kappa shape index (κ1) is 18.1. The molecular formula is C18H26N3O3+. The lowest BCUT2D eigenvalue weighted by Crippen LogP contribution is -3.09. The van der Waals surface area contributed by atoms with Gasteiger partial charge in [0.15, 0.2) is 6.67 Å². The highest BCUT2D eigenvalue weighted by molar-refractivity contribution is 6.44. The number of nitrogens with zero attached hydrogens (tertiary/aromatic N) is 2. The zero-order chi connectivity index (χ0) is 18.1. The molecule has 1 atom stereocenters. The summed E-state index contributed by atoms with van der Waals surface area (Å²) in [6.45, 7) is 9.25. The highest BCUT2D eigenvalue weighted by Gasteiger charge is 2.44. The van der Waals surface area contributed by atoms with Crippen LogP contribution in [0.25, 0.3) is 0 Å². The normalized spacial score (nSPS) is 17.0. The van der Waals surface area contributed by atoms with E-state index in [1.165, 1.54) is 5.56 Å². The van der Waals surface area contributed by atoms with Crippen LogP contribution in [0.3, 0.4) is 0 Å². The molecule has 0 aliphatic carbocycles. The Hall–Kier alpha value is -2.21. The molecule has 1 heterocycles. The highest BCUT2D eigenvalue weighted by Crippen LogP contribution is 2.21. The fraction of sp³-hybridized carbons (Fsp3) is 0.500. The van der Waals surface area contributed by atoms with Crippen molar-refractivity contribution in [3.8, 4) is 0 Å². The van der Waals surface area contributed by atoms with Gasteiger partial charge in [-0.25, -0.2) is 9.69 Å². The number of urea groups is 1. The fourth-order valence-corrected chi connectivity index (χ4v) is 2.77. The summed E-state index contributed by atoms with van der Waals surface area (Å²) >= 11 is 0. The third-order valence-corrected chi connectivity index (χ3v) is 4.21. The summed E-state index contributed by atoms with van der Waals surface area (Å²) in [4.78, 5) is 38.7. The molecule has 1 aromatic rings. The topological polar surface area (TPSA) is 62.1 Å². The molecule has 0 spiro atoms. The maximum atomic E-state index is 12.1. The van der Waals surface area contributed by atoms with Crippen LogP contribution in [-0.2, 0) is 21.5 Å². The maximum Gasteiger partial charge on any atom is 0.338 e. The lowest BCUT2D eigenvalue weighted by atomic mass is 9.87. The van der Waals surface area contributed by atoms with Gasteiger partial charge in [-0.3, -0.25) is 14.5 Å². The van der Waals surface area contributed by atoms with E-state index in [2.05, 4.69) is 45.0 Å². The first-order valence-electron chi connectivity index (χ1n) is 8.23. The monoisotopic (exact) mass is 332 g/mol. The third-order valence-electron chi connectivity index (χ3n) is 4.21. The molecule has 2 rings (SSSR count). The fourth-order valence-electron chi connectivity index (χ4n) is 2.77. The third kappa shape index (κ3) is 3.64. The Balaban J connectivity index is 2.01. The Labute approximate surface area is 143 Å². The molecule has 1 saturated heterocycles. The van der Waals surface area contributed by atoms with Crippen molar-refractivity contribution in [3.63, 3.8) is 0 Å². The molecule has 1 unspecified atom stereocenters. The van der Waals surface area contributed by atoms with Gasteiger partial charge in [0, 0.05) is 12.1 Å². The van der Waals surface area contributed by atoms with Gasteiger partial charge in [0.05, 0.1) is 7.05 Å². The van der Waals surface area contributed by atoms with Gasteiger partial charge >= 0.3 is 17.8 Å². The van der Waals surface area contributed by atoms with E-state index in [1.54, 1.807) is 6.92 Å². The van der Waals surface area contributed by atoms with Crippen molar-refractivity contribution in [2.75, 3.05) is 20.3 Å². The van der Waals surface area contributed by atoms with Gasteiger partial charge in [0.25, 0.3) is 0 Å². The van der Waals surface area contributed by atoms with Gasteiger partial charge in [0.2, 0.25) is 0 Å².